The van der Waals surface area contributed by atoms with Crippen LogP contribution in [0.15, 0.2) is 96.1 Å². The van der Waals surface area contributed by atoms with Crippen LogP contribution < -0.4 is 15.8 Å². The Morgan fingerprint density at radius 2 is 1.65 bits per heavy atom. The van der Waals surface area contributed by atoms with Gasteiger partial charge in [0.25, 0.3) is 0 Å². The van der Waals surface area contributed by atoms with Crippen LogP contribution in [0.4, 0.5) is 5.69 Å². The van der Waals surface area contributed by atoms with Crippen molar-refractivity contribution in [1.29, 1.82) is 0 Å². The molecule has 0 unspecified atom stereocenters. The normalized spacial score (nSPS) is 10.9. The highest BCUT2D eigenvalue weighted by Gasteiger charge is 2.09. The Hall–Kier alpha value is -3.33. The number of guanidine groups is 1. The van der Waals surface area contributed by atoms with Crippen LogP contribution in [0.5, 0.6) is 11.5 Å². The number of halogens is 1. The number of benzene rings is 3. The second-order valence-electron chi connectivity index (χ2n) is 6.81. The summed E-state index contributed by atoms with van der Waals surface area (Å²) in [5, 5.41) is 7.69. The van der Waals surface area contributed by atoms with E-state index >= 15 is 0 Å². The Bertz CT molecular complexity index is 1140. The molecular weight excluding hydrogens is 501 g/mol. The lowest BCUT2D eigenvalue weighted by atomic mass is 10.1. The minimum atomic E-state index is 0. The molecule has 3 aromatic carbocycles. The molecule has 0 aliphatic rings. The monoisotopic (exact) mass is 525 g/mol. The zero-order valence-corrected chi connectivity index (χ0v) is 19.4. The highest BCUT2D eigenvalue weighted by molar-refractivity contribution is 14.0. The van der Waals surface area contributed by atoms with E-state index in [9.17, 15) is 0 Å². The van der Waals surface area contributed by atoms with Crippen LogP contribution in [0.3, 0.4) is 0 Å². The summed E-state index contributed by atoms with van der Waals surface area (Å²) in [5.74, 6) is 1.83. The molecule has 1 aromatic heterocycles. The molecule has 7 heteroatoms. The zero-order valence-electron chi connectivity index (χ0n) is 17.1. The standard InChI is InChI=1S/C24H23N5O.HI/c1-29-17-19(23(28-29)18-9-4-2-5-10-18)16-26-24(25)27-20-11-8-14-22(15-20)30-21-12-6-3-7-13-21;/h2-15,17H,16H2,1H3,(H3,25,26,27);1H. The van der Waals surface area contributed by atoms with Gasteiger partial charge in [-0.05, 0) is 24.3 Å². The van der Waals surface area contributed by atoms with E-state index in [1.54, 1.807) is 4.68 Å². The van der Waals surface area contributed by atoms with Gasteiger partial charge in [-0.1, -0.05) is 54.6 Å². The molecule has 6 nitrogen and oxygen atoms in total. The van der Waals surface area contributed by atoms with Gasteiger partial charge >= 0.3 is 0 Å². The zero-order chi connectivity index (χ0) is 20.8. The molecule has 4 aromatic rings. The maximum absolute atomic E-state index is 6.12. The first kappa shape index (κ1) is 22.4. The minimum absolute atomic E-state index is 0. The molecule has 0 aliphatic heterocycles. The molecule has 0 atom stereocenters. The largest absolute Gasteiger partial charge is 0.457 e. The fraction of sp³-hybridized carbons (Fsp3) is 0.0833. The third-order valence-corrected chi connectivity index (χ3v) is 4.46. The van der Waals surface area contributed by atoms with E-state index in [4.69, 9.17) is 10.5 Å². The number of anilines is 1. The number of aliphatic imine (C=N–C) groups is 1. The maximum Gasteiger partial charge on any atom is 0.193 e. The molecule has 158 valence electrons. The van der Waals surface area contributed by atoms with E-state index in [1.807, 2.05) is 98.2 Å². The molecule has 0 fully saturated rings. The Kier molecular flexibility index (Phi) is 7.66. The van der Waals surface area contributed by atoms with Gasteiger partial charge in [-0.15, -0.1) is 24.0 Å². The molecular formula is C24H24IN5O. The van der Waals surface area contributed by atoms with Crippen LogP contribution in [-0.2, 0) is 13.6 Å². The molecule has 3 N–H and O–H groups in total. The average Bonchev–Trinajstić information content (AvgIpc) is 3.14. The number of nitrogens with two attached hydrogens (primary N) is 1. The second kappa shape index (κ2) is 10.6. The fourth-order valence-corrected chi connectivity index (χ4v) is 3.11. The van der Waals surface area contributed by atoms with Crippen LogP contribution in [0.1, 0.15) is 5.56 Å². The Balaban J connectivity index is 0.00000272. The summed E-state index contributed by atoms with van der Waals surface area (Å²) in [4.78, 5) is 4.49. The van der Waals surface area contributed by atoms with E-state index in [0.29, 0.717) is 12.5 Å². The van der Waals surface area contributed by atoms with Gasteiger partial charge in [0.1, 0.15) is 11.5 Å². The van der Waals surface area contributed by atoms with Crippen molar-refractivity contribution in [3.63, 3.8) is 0 Å². The van der Waals surface area contributed by atoms with Crippen molar-refractivity contribution in [1.82, 2.24) is 9.78 Å². The van der Waals surface area contributed by atoms with Gasteiger partial charge in [0.05, 0.1) is 12.2 Å². The van der Waals surface area contributed by atoms with Crippen molar-refractivity contribution in [2.45, 2.75) is 6.54 Å². The van der Waals surface area contributed by atoms with Gasteiger partial charge in [-0.3, -0.25) is 4.68 Å². The van der Waals surface area contributed by atoms with Crippen LogP contribution in [0.2, 0.25) is 0 Å². The van der Waals surface area contributed by atoms with Crippen molar-refractivity contribution in [3.8, 4) is 22.8 Å². The van der Waals surface area contributed by atoms with Crippen LogP contribution in [0.25, 0.3) is 11.3 Å². The Labute approximate surface area is 198 Å². The third kappa shape index (κ3) is 6.08. The average molecular weight is 525 g/mol. The highest BCUT2D eigenvalue weighted by Crippen LogP contribution is 2.24. The van der Waals surface area contributed by atoms with E-state index < -0.39 is 0 Å². The predicted molar refractivity (Wildman–Crippen MR) is 136 cm³/mol. The van der Waals surface area contributed by atoms with E-state index in [2.05, 4.69) is 15.4 Å². The predicted octanol–water partition coefficient (Wildman–Crippen LogP) is 5.42. The SMILES string of the molecule is Cn1cc(CN=C(N)Nc2cccc(Oc3ccccc3)c2)c(-c2ccccc2)n1.I. The number of rotatable bonds is 6. The van der Waals surface area contributed by atoms with Gasteiger partial charge in [-0.2, -0.15) is 5.10 Å². The van der Waals surface area contributed by atoms with Gasteiger partial charge in [-0.25, -0.2) is 4.99 Å². The number of ether oxygens (including phenoxy) is 1. The lowest BCUT2D eigenvalue weighted by molar-refractivity contribution is 0.483. The van der Waals surface area contributed by atoms with Gasteiger partial charge in [0.15, 0.2) is 5.96 Å². The van der Waals surface area contributed by atoms with E-state index in [-0.39, 0.29) is 24.0 Å². The fourth-order valence-electron chi connectivity index (χ4n) is 3.11. The van der Waals surface area contributed by atoms with E-state index in [0.717, 1.165) is 34.0 Å². The van der Waals surface area contributed by atoms with Gasteiger partial charge < -0.3 is 15.8 Å². The molecule has 0 spiro atoms. The summed E-state index contributed by atoms with van der Waals surface area (Å²) < 4.78 is 7.66. The number of hydrogen-bond donors (Lipinski definition) is 2. The summed E-state index contributed by atoms with van der Waals surface area (Å²) >= 11 is 0. The number of aryl methyl sites for hydroxylation is 1. The summed E-state index contributed by atoms with van der Waals surface area (Å²) in [6.45, 7) is 0.428. The lowest BCUT2D eigenvalue weighted by Crippen LogP contribution is -2.22. The van der Waals surface area contributed by atoms with Crippen molar-refractivity contribution in [3.05, 3.63) is 96.7 Å². The second-order valence-corrected chi connectivity index (χ2v) is 6.81. The number of hydrogen-bond acceptors (Lipinski definition) is 3. The van der Waals surface area contributed by atoms with E-state index in [1.165, 1.54) is 0 Å². The molecule has 0 aliphatic carbocycles. The topological polar surface area (TPSA) is 77.5 Å². The van der Waals surface area contributed by atoms with Crippen molar-refractivity contribution in [2.24, 2.45) is 17.8 Å². The first-order chi connectivity index (χ1) is 14.7. The first-order valence-corrected chi connectivity index (χ1v) is 9.65. The van der Waals surface area contributed by atoms with Crippen LogP contribution >= 0.6 is 24.0 Å². The number of aromatic nitrogens is 2. The summed E-state index contributed by atoms with van der Waals surface area (Å²) in [6.07, 6.45) is 1.97. The molecule has 0 bridgehead atoms. The molecule has 1 heterocycles. The number of para-hydroxylation sites is 1. The number of nitrogens with one attached hydrogen (secondary N) is 1. The summed E-state index contributed by atoms with van der Waals surface area (Å²) in [7, 11) is 1.90. The van der Waals surface area contributed by atoms with Gasteiger partial charge in [0.2, 0.25) is 0 Å². The lowest BCUT2D eigenvalue weighted by Gasteiger charge is -2.09. The van der Waals surface area contributed by atoms with Crippen molar-refractivity contribution in [2.75, 3.05) is 5.32 Å². The quantitative estimate of drug-likeness (QED) is 0.200. The molecule has 31 heavy (non-hydrogen) atoms. The number of nitrogens with zero attached hydrogens (tertiary/aromatic N) is 3. The molecule has 0 saturated carbocycles. The first-order valence-electron chi connectivity index (χ1n) is 9.65. The molecule has 4 rings (SSSR count). The van der Waals surface area contributed by atoms with Crippen LogP contribution in [-0.4, -0.2) is 15.7 Å². The maximum atomic E-state index is 6.12. The smallest absolute Gasteiger partial charge is 0.193 e. The third-order valence-electron chi connectivity index (χ3n) is 4.46. The Morgan fingerprint density at radius 1 is 0.968 bits per heavy atom. The summed E-state index contributed by atoms with van der Waals surface area (Å²) in [5.41, 5.74) is 9.90. The molecule has 0 saturated heterocycles. The molecule has 0 radical (unpaired) electrons. The van der Waals surface area contributed by atoms with Gasteiger partial charge in [0, 0.05) is 36.1 Å². The van der Waals surface area contributed by atoms with Crippen molar-refractivity contribution >= 4 is 35.6 Å². The highest BCUT2D eigenvalue weighted by atomic mass is 127. The Morgan fingerprint density at radius 3 is 2.39 bits per heavy atom. The summed E-state index contributed by atoms with van der Waals surface area (Å²) in [6, 6.07) is 27.3. The minimum Gasteiger partial charge on any atom is -0.457 e. The van der Waals surface area contributed by atoms with Crippen molar-refractivity contribution < 1.29 is 4.74 Å². The molecule has 0 amide bonds. The van der Waals surface area contributed by atoms with Crippen LogP contribution in [0, 0.1) is 0 Å².